The summed E-state index contributed by atoms with van der Waals surface area (Å²) >= 11 is 9.60. The number of piperidine rings is 1. The van der Waals surface area contributed by atoms with E-state index in [1.165, 1.54) is 38.0 Å². The van der Waals surface area contributed by atoms with Crippen molar-refractivity contribution in [1.82, 2.24) is 10.2 Å². The number of halogens is 2. The summed E-state index contributed by atoms with van der Waals surface area (Å²) < 4.78 is 0.972. The van der Waals surface area contributed by atoms with Gasteiger partial charge in [0.1, 0.15) is 0 Å². The second-order valence-electron chi connectivity index (χ2n) is 5.27. The molecule has 1 saturated heterocycles. The molecule has 0 aliphatic carbocycles. The minimum absolute atomic E-state index is 0.801. The monoisotopic (exact) mass is 344 g/mol. The summed E-state index contributed by atoms with van der Waals surface area (Å²) in [7, 11) is 0. The Kier molecular flexibility index (Phi) is 6.14. The lowest BCUT2D eigenvalue weighted by Crippen LogP contribution is -2.35. The maximum atomic E-state index is 6.16. The highest BCUT2D eigenvalue weighted by molar-refractivity contribution is 9.10. The smallest absolute Gasteiger partial charge is 0.0551 e. The Hall–Kier alpha value is -0.0900. The van der Waals surface area contributed by atoms with Gasteiger partial charge < -0.3 is 5.32 Å². The van der Waals surface area contributed by atoms with Gasteiger partial charge in [-0.3, -0.25) is 4.90 Å². The molecule has 1 fully saturated rings. The molecule has 1 aliphatic heterocycles. The Labute approximate surface area is 129 Å². The second-order valence-corrected chi connectivity index (χ2v) is 6.53. The van der Waals surface area contributed by atoms with Crippen LogP contribution in [-0.2, 0) is 6.54 Å². The van der Waals surface area contributed by atoms with E-state index in [4.69, 9.17) is 11.6 Å². The molecule has 1 aliphatic rings. The third kappa shape index (κ3) is 4.75. The van der Waals surface area contributed by atoms with E-state index in [-0.39, 0.29) is 0 Å². The van der Waals surface area contributed by atoms with Crippen LogP contribution in [0.15, 0.2) is 22.7 Å². The van der Waals surface area contributed by atoms with Crippen LogP contribution in [0.25, 0.3) is 0 Å². The predicted octanol–water partition coefficient (Wildman–Crippen LogP) is 3.92. The Balaban J connectivity index is 1.92. The zero-order valence-corrected chi connectivity index (χ0v) is 13.8. The van der Waals surface area contributed by atoms with E-state index in [0.29, 0.717) is 0 Å². The molecule has 106 valence electrons. The summed E-state index contributed by atoms with van der Waals surface area (Å²) in [4.78, 5) is 2.52. The molecule has 0 aromatic heterocycles. The van der Waals surface area contributed by atoms with E-state index in [2.05, 4.69) is 45.2 Å². The fourth-order valence-corrected chi connectivity index (χ4v) is 3.08. The average Bonchev–Trinajstić information content (AvgIpc) is 2.43. The molecule has 4 heteroatoms. The molecule has 0 radical (unpaired) electrons. The van der Waals surface area contributed by atoms with Crippen LogP contribution in [0, 0.1) is 5.92 Å². The van der Waals surface area contributed by atoms with Crippen molar-refractivity contribution in [3.8, 4) is 0 Å². The third-order valence-corrected chi connectivity index (χ3v) is 5.05. The molecule has 1 N–H and O–H groups in total. The third-order valence-electron chi connectivity index (χ3n) is 3.81. The van der Waals surface area contributed by atoms with E-state index in [1.807, 2.05) is 6.07 Å². The van der Waals surface area contributed by atoms with Crippen molar-refractivity contribution in [3.05, 3.63) is 33.3 Å². The SMILES string of the molecule is CCN(Cc1ccc(Br)c(Cl)c1)CC1CCNCC1. The first-order valence-electron chi connectivity index (χ1n) is 7.06. The minimum Gasteiger partial charge on any atom is -0.317 e. The Morgan fingerprint density at radius 3 is 2.74 bits per heavy atom. The summed E-state index contributed by atoms with van der Waals surface area (Å²) in [5, 5.41) is 4.23. The maximum Gasteiger partial charge on any atom is 0.0551 e. The van der Waals surface area contributed by atoms with Crippen LogP contribution in [0.1, 0.15) is 25.3 Å². The van der Waals surface area contributed by atoms with Gasteiger partial charge >= 0.3 is 0 Å². The van der Waals surface area contributed by atoms with E-state index >= 15 is 0 Å². The quantitative estimate of drug-likeness (QED) is 0.870. The lowest BCUT2D eigenvalue weighted by Gasteiger charge is -2.29. The van der Waals surface area contributed by atoms with E-state index < -0.39 is 0 Å². The highest BCUT2D eigenvalue weighted by atomic mass is 79.9. The zero-order valence-electron chi connectivity index (χ0n) is 11.5. The standard InChI is InChI=1S/C15H22BrClN2/c1-2-19(10-12-5-7-18-8-6-12)11-13-3-4-14(16)15(17)9-13/h3-4,9,12,18H,2,5-8,10-11H2,1H3. The molecular weight excluding hydrogens is 324 g/mol. The fraction of sp³-hybridized carbons (Fsp3) is 0.600. The highest BCUT2D eigenvalue weighted by Crippen LogP contribution is 2.24. The van der Waals surface area contributed by atoms with Gasteiger partial charge in [0.15, 0.2) is 0 Å². The summed E-state index contributed by atoms with van der Waals surface area (Å²) in [6.07, 6.45) is 2.61. The number of hydrogen-bond donors (Lipinski definition) is 1. The molecule has 1 aromatic carbocycles. The van der Waals surface area contributed by atoms with Crippen LogP contribution in [0.4, 0.5) is 0 Å². The number of rotatable bonds is 5. The first-order chi connectivity index (χ1) is 9.19. The largest absolute Gasteiger partial charge is 0.317 e. The van der Waals surface area contributed by atoms with Crippen molar-refractivity contribution in [3.63, 3.8) is 0 Å². The number of nitrogens with one attached hydrogen (secondary N) is 1. The Morgan fingerprint density at radius 1 is 1.37 bits per heavy atom. The van der Waals surface area contributed by atoms with Crippen molar-refractivity contribution in [1.29, 1.82) is 0 Å². The first kappa shape index (κ1) is 15.3. The van der Waals surface area contributed by atoms with Gasteiger partial charge in [-0.25, -0.2) is 0 Å². The Morgan fingerprint density at radius 2 is 2.11 bits per heavy atom. The van der Waals surface area contributed by atoms with Gasteiger partial charge in [-0.1, -0.05) is 24.6 Å². The molecule has 0 unspecified atom stereocenters. The summed E-state index contributed by atoms with van der Waals surface area (Å²) in [6.45, 7) is 7.87. The molecule has 1 aromatic rings. The maximum absolute atomic E-state index is 6.16. The van der Waals surface area contributed by atoms with Gasteiger partial charge in [-0.05, 0) is 72.0 Å². The normalized spacial score (nSPS) is 17.1. The van der Waals surface area contributed by atoms with Crippen LogP contribution in [0.5, 0.6) is 0 Å². The second kappa shape index (κ2) is 7.63. The van der Waals surface area contributed by atoms with E-state index in [0.717, 1.165) is 28.5 Å². The van der Waals surface area contributed by atoms with Crippen LogP contribution in [0.2, 0.25) is 5.02 Å². The van der Waals surface area contributed by atoms with Crippen molar-refractivity contribution >= 4 is 27.5 Å². The molecule has 0 atom stereocenters. The highest BCUT2D eigenvalue weighted by Gasteiger charge is 2.16. The lowest BCUT2D eigenvalue weighted by molar-refractivity contribution is 0.207. The molecule has 0 spiro atoms. The average molecular weight is 346 g/mol. The van der Waals surface area contributed by atoms with E-state index in [9.17, 15) is 0 Å². The molecule has 2 rings (SSSR count). The topological polar surface area (TPSA) is 15.3 Å². The molecule has 2 nitrogen and oxygen atoms in total. The first-order valence-corrected chi connectivity index (χ1v) is 8.23. The summed E-state index contributed by atoms with van der Waals surface area (Å²) in [6, 6.07) is 6.26. The molecule has 1 heterocycles. The van der Waals surface area contributed by atoms with Crippen LogP contribution in [0.3, 0.4) is 0 Å². The zero-order chi connectivity index (χ0) is 13.7. The number of hydrogen-bond acceptors (Lipinski definition) is 2. The van der Waals surface area contributed by atoms with Gasteiger partial charge in [0.25, 0.3) is 0 Å². The molecule has 0 bridgehead atoms. The predicted molar refractivity (Wildman–Crippen MR) is 85.7 cm³/mol. The van der Waals surface area contributed by atoms with Gasteiger partial charge in [0, 0.05) is 17.6 Å². The summed E-state index contributed by atoms with van der Waals surface area (Å²) in [5.41, 5.74) is 1.30. The van der Waals surface area contributed by atoms with Crippen LogP contribution in [-0.4, -0.2) is 31.1 Å². The summed E-state index contributed by atoms with van der Waals surface area (Å²) in [5.74, 6) is 0.840. The van der Waals surface area contributed by atoms with Crippen molar-refractivity contribution in [2.24, 2.45) is 5.92 Å². The van der Waals surface area contributed by atoms with Crippen molar-refractivity contribution in [2.45, 2.75) is 26.3 Å². The van der Waals surface area contributed by atoms with Crippen LogP contribution < -0.4 is 5.32 Å². The van der Waals surface area contributed by atoms with Crippen molar-refractivity contribution in [2.75, 3.05) is 26.2 Å². The molecule has 0 amide bonds. The number of benzene rings is 1. The molecular formula is C15H22BrClN2. The van der Waals surface area contributed by atoms with Gasteiger partial charge in [-0.15, -0.1) is 0 Å². The molecule has 19 heavy (non-hydrogen) atoms. The minimum atomic E-state index is 0.801. The van der Waals surface area contributed by atoms with Gasteiger partial charge in [0.05, 0.1) is 5.02 Å². The molecule has 0 saturated carbocycles. The fourth-order valence-electron chi connectivity index (χ4n) is 2.63. The lowest BCUT2D eigenvalue weighted by atomic mass is 9.97. The van der Waals surface area contributed by atoms with E-state index in [1.54, 1.807) is 0 Å². The number of nitrogens with zero attached hydrogens (tertiary/aromatic N) is 1. The van der Waals surface area contributed by atoms with Crippen molar-refractivity contribution < 1.29 is 0 Å². The van der Waals surface area contributed by atoms with Gasteiger partial charge in [-0.2, -0.15) is 0 Å². The van der Waals surface area contributed by atoms with Crippen LogP contribution >= 0.6 is 27.5 Å². The van der Waals surface area contributed by atoms with Gasteiger partial charge in [0.2, 0.25) is 0 Å². The Bertz CT molecular complexity index is 405.